The number of fused-ring (bicyclic) bond motifs is 1. The summed E-state index contributed by atoms with van der Waals surface area (Å²) >= 11 is 1.59. The number of aryl methyl sites for hydroxylation is 1. The molecule has 5 nitrogen and oxygen atoms in total. The summed E-state index contributed by atoms with van der Waals surface area (Å²) in [7, 11) is 0. The SMILES string of the molecule is Cc1ccc(C(NC(=O)C(C)n2c(=O)oc3ccccc32)c2cccs2)cc1. The van der Waals surface area contributed by atoms with Crippen LogP contribution in [0.4, 0.5) is 0 Å². The Labute approximate surface area is 166 Å². The fraction of sp³-hybridized carbons (Fsp3) is 0.182. The molecule has 0 saturated carbocycles. The van der Waals surface area contributed by atoms with Crippen molar-refractivity contribution in [3.8, 4) is 0 Å². The van der Waals surface area contributed by atoms with Gasteiger partial charge < -0.3 is 9.73 Å². The first kappa shape index (κ1) is 18.3. The van der Waals surface area contributed by atoms with Crippen LogP contribution < -0.4 is 11.1 Å². The van der Waals surface area contributed by atoms with Crippen LogP contribution in [0, 0.1) is 6.92 Å². The highest BCUT2D eigenvalue weighted by molar-refractivity contribution is 7.10. The Morgan fingerprint density at radius 3 is 2.54 bits per heavy atom. The molecule has 2 atom stereocenters. The van der Waals surface area contributed by atoms with Crippen molar-refractivity contribution in [2.45, 2.75) is 25.9 Å². The quantitative estimate of drug-likeness (QED) is 0.546. The van der Waals surface area contributed by atoms with Gasteiger partial charge in [0.15, 0.2) is 5.58 Å². The van der Waals surface area contributed by atoms with E-state index in [-0.39, 0.29) is 11.9 Å². The van der Waals surface area contributed by atoms with Gasteiger partial charge in [0.2, 0.25) is 5.91 Å². The monoisotopic (exact) mass is 392 g/mol. The van der Waals surface area contributed by atoms with Gasteiger partial charge in [-0.25, -0.2) is 4.79 Å². The van der Waals surface area contributed by atoms with Crippen LogP contribution in [0.2, 0.25) is 0 Å². The largest absolute Gasteiger partial charge is 0.420 e. The third-order valence-electron chi connectivity index (χ3n) is 4.81. The normalized spacial score (nSPS) is 13.4. The predicted octanol–water partition coefficient (Wildman–Crippen LogP) is 4.43. The average molecular weight is 392 g/mol. The average Bonchev–Trinajstić information content (AvgIpc) is 3.33. The molecule has 4 rings (SSSR count). The predicted molar refractivity (Wildman–Crippen MR) is 111 cm³/mol. The zero-order valence-corrected chi connectivity index (χ0v) is 16.4. The molecular weight excluding hydrogens is 372 g/mol. The minimum Gasteiger partial charge on any atom is -0.408 e. The molecule has 4 aromatic rings. The summed E-state index contributed by atoms with van der Waals surface area (Å²) < 4.78 is 6.67. The van der Waals surface area contributed by atoms with Crippen molar-refractivity contribution in [2.75, 3.05) is 0 Å². The molecule has 0 radical (unpaired) electrons. The van der Waals surface area contributed by atoms with E-state index in [2.05, 4.69) is 5.32 Å². The highest BCUT2D eigenvalue weighted by Crippen LogP contribution is 2.27. The van der Waals surface area contributed by atoms with Crippen LogP contribution in [0.3, 0.4) is 0 Å². The number of oxazole rings is 1. The molecule has 28 heavy (non-hydrogen) atoms. The van der Waals surface area contributed by atoms with Crippen LogP contribution in [-0.2, 0) is 4.79 Å². The smallest absolute Gasteiger partial charge is 0.408 e. The molecule has 1 N–H and O–H groups in total. The van der Waals surface area contributed by atoms with Gasteiger partial charge in [-0.15, -0.1) is 11.3 Å². The summed E-state index contributed by atoms with van der Waals surface area (Å²) in [4.78, 5) is 26.4. The molecule has 0 aliphatic carbocycles. The molecule has 2 unspecified atom stereocenters. The van der Waals surface area contributed by atoms with E-state index >= 15 is 0 Å². The third kappa shape index (κ3) is 3.39. The molecular formula is C22H20N2O3S. The van der Waals surface area contributed by atoms with Crippen molar-refractivity contribution in [2.24, 2.45) is 0 Å². The Kier molecular flexibility index (Phi) is 4.88. The molecule has 2 heterocycles. The van der Waals surface area contributed by atoms with Crippen LogP contribution in [0.5, 0.6) is 0 Å². The standard InChI is InChI=1S/C22H20N2O3S/c1-14-9-11-16(12-10-14)20(19-8-5-13-28-19)23-21(25)15(2)24-17-6-3-4-7-18(17)27-22(24)26/h3-13,15,20H,1-2H3,(H,23,25). The topological polar surface area (TPSA) is 64.2 Å². The molecule has 0 spiro atoms. The Bertz CT molecular complexity index is 1160. The summed E-state index contributed by atoms with van der Waals surface area (Å²) in [6.07, 6.45) is 0. The van der Waals surface area contributed by atoms with E-state index < -0.39 is 11.8 Å². The summed E-state index contributed by atoms with van der Waals surface area (Å²) in [5, 5.41) is 5.09. The van der Waals surface area contributed by atoms with Gasteiger partial charge in [-0.1, -0.05) is 48.0 Å². The highest BCUT2D eigenvalue weighted by Gasteiger charge is 2.25. The molecule has 0 aliphatic heterocycles. The number of nitrogens with zero attached hydrogens (tertiary/aromatic N) is 1. The fourth-order valence-electron chi connectivity index (χ4n) is 3.26. The van der Waals surface area contributed by atoms with Crippen molar-refractivity contribution in [1.29, 1.82) is 0 Å². The maximum atomic E-state index is 13.1. The van der Waals surface area contributed by atoms with Crippen LogP contribution in [0.1, 0.15) is 35.0 Å². The van der Waals surface area contributed by atoms with Gasteiger partial charge in [-0.3, -0.25) is 9.36 Å². The Morgan fingerprint density at radius 2 is 1.82 bits per heavy atom. The summed E-state index contributed by atoms with van der Waals surface area (Å²) in [6, 6.07) is 18.2. The molecule has 2 aromatic carbocycles. The molecule has 0 fully saturated rings. The van der Waals surface area contributed by atoms with Gasteiger partial charge >= 0.3 is 5.76 Å². The molecule has 6 heteroatoms. The molecule has 1 amide bonds. The lowest BCUT2D eigenvalue weighted by molar-refractivity contribution is -0.124. The van der Waals surface area contributed by atoms with Gasteiger partial charge in [-0.2, -0.15) is 0 Å². The van der Waals surface area contributed by atoms with Gasteiger partial charge in [-0.05, 0) is 43.0 Å². The first-order chi connectivity index (χ1) is 13.5. The zero-order chi connectivity index (χ0) is 19.7. The van der Waals surface area contributed by atoms with Crippen molar-refractivity contribution >= 4 is 28.3 Å². The van der Waals surface area contributed by atoms with E-state index in [0.717, 1.165) is 16.0 Å². The van der Waals surface area contributed by atoms with E-state index in [0.29, 0.717) is 11.1 Å². The number of carbonyl (C=O) groups excluding carboxylic acids is 1. The second-order valence-electron chi connectivity index (χ2n) is 6.75. The minimum absolute atomic E-state index is 0.243. The number of hydrogen-bond acceptors (Lipinski definition) is 4. The molecule has 0 saturated heterocycles. The van der Waals surface area contributed by atoms with Crippen LogP contribution >= 0.6 is 11.3 Å². The maximum Gasteiger partial charge on any atom is 0.420 e. The van der Waals surface area contributed by atoms with E-state index in [9.17, 15) is 9.59 Å². The zero-order valence-electron chi connectivity index (χ0n) is 15.6. The molecule has 0 bridgehead atoms. The summed E-state index contributed by atoms with van der Waals surface area (Å²) in [6.45, 7) is 3.74. The number of amides is 1. The van der Waals surface area contributed by atoms with Gasteiger partial charge in [0.1, 0.15) is 6.04 Å². The number of para-hydroxylation sites is 2. The van der Waals surface area contributed by atoms with Gasteiger partial charge in [0.25, 0.3) is 0 Å². The lowest BCUT2D eigenvalue weighted by Crippen LogP contribution is -2.36. The molecule has 0 aliphatic rings. The second-order valence-corrected chi connectivity index (χ2v) is 7.73. The lowest BCUT2D eigenvalue weighted by atomic mass is 10.0. The Hall–Kier alpha value is -3.12. The number of hydrogen-bond donors (Lipinski definition) is 1. The Morgan fingerprint density at radius 1 is 1.07 bits per heavy atom. The van der Waals surface area contributed by atoms with Crippen molar-refractivity contribution in [3.05, 3.63) is 92.6 Å². The Balaban J connectivity index is 1.67. The van der Waals surface area contributed by atoms with E-state index in [4.69, 9.17) is 4.42 Å². The van der Waals surface area contributed by atoms with Crippen LogP contribution in [0.25, 0.3) is 11.1 Å². The van der Waals surface area contributed by atoms with Crippen LogP contribution in [-0.4, -0.2) is 10.5 Å². The van der Waals surface area contributed by atoms with E-state index in [1.807, 2.05) is 54.8 Å². The number of nitrogens with one attached hydrogen (secondary N) is 1. The lowest BCUT2D eigenvalue weighted by Gasteiger charge is -2.21. The molecule has 2 aromatic heterocycles. The third-order valence-corrected chi connectivity index (χ3v) is 5.75. The summed E-state index contributed by atoms with van der Waals surface area (Å²) in [5.74, 6) is -0.778. The highest BCUT2D eigenvalue weighted by atomic mass is 32.1. The van der Waals surface area contributed by atoms with Crippen molar-refractivity contribution in [3.63, 3.8) is 0 Å². The second kappa shape index (κ2) is 7.48. The maximum absolute atomic E-state index is 13.1. The number of aromatic nitrogens is 1. The number of rotatable bonds is 5. The number of thiophene rings is 1. The molecule has 142 valence electrons. The first-order valence-electron chi connectivity index (χ1n) is 9.05. The first-order valence-corrected chi connectivity index (χ1v) is 9.93. The van der Waals surface area contributed by atoms with Gasteiger partial charge in [0, 0.05) is 4.88 Å². The van der Waals surface area contributed by atoms with E-state index in [1.165, 1.54) is 4.57 Å². The van der Waals surface area contributed by atoms with Crippen molar-refractivity contribution < 1.29 is 9.21 Å². The summed E-state index contributed by atoms with van der Waals surface area (Å²) in [5.41, 5.74) is 3.24. The fourth-order valence-corrected chi connectivity index (χ4v) is 4.07. The van der Waals surface area contributed by atoms with Gasteiger partial charge in [0.05, 0.1) is 11.6 Å². The van der Waals surface area contributed by atoms with Crippen LogP contribution in [0.15, 0.2) is 75.3 Å². The number of benzene rings is 2. The van der Waals surface area contributed by atoms with Crippen molar-refractivity contribution in [1.82, 2.24) is 9.88 Å². The van der Waals surface area contributed by atoms with E-state index in [1.54, 1.807) is 36.5 Å². The minimum atomic E-state index is -0.705. The number of carbonyl (C=O) groups is 1.